The molecular formula is C17H17ClN2O3. The fraction of sp³-hybridized carbons (Fsp3) is 0.176. The van der Waals surface area contributed by atoms with Crippen LogP contribution in [0.15, 0.2) is 42.5 Å². The first kappa shape index (κ1) is 16.8. The van der Waals surface area contributed by atoms with Gasteiger partial charge in [-0.05, 0) is 42.3 Å². The average Bonchev–Trinajstić information content (AvgIpc) is 2.55. The maximum atomic E-state index is 12.2. The van der Waals surface area contributed by atoms with Crippen molar-refractivity contribution in [1.29, 1.82) is 0 Å². The molecule has 0 unspecified atom stereocenters. The lowest BCUT2D eigenvalue weighted by molar-refractivity contribution is 0.0696. The van der Waals surface area contributed by atoms with Gasteiger partial charge in [-0.3, -0.25) is 4.79 Å². The molecule has 5 nitrogen and oxygen atoms in total. The first-order valence-corrected chi connectivity index (χ1v) is 7.47. The summed E-state index contributed by atoms with van der Waals surface area (Å²) in [7, 11) is 1.74. The lowest BCUT2D eigenvalue weighted by Gasteiger charge is -2.10. The van der Waals surface area contributed by atoms with Crippen LogP contribution < -0.4 is 10.6 Å². The predicted molar refractivity (Wildman–Crippen MR) is 90.4 cm³/mol. The Balaban J connectivity index is 1.94. The maximum Gasteiger partial charge on any atom is 0.335 e. The van der Waals surface area contributed by atoms with Crippen molar-refractivity contribution < 1.29 is 14.7 Å². The van der Waals surface area contributed by atoms with Crippen LogP contribution in [-0.4, -0.2) is 30.6 Å². The Labute approximate surface area is 139 Å². The Morgan fingerprint density at radius 2 is 1.83 bits per heavy atom. The third-order valence-corrected chi connectivity index (χ3v) is 3.63. The van der Waals surface area contributed by atoms with Crippen molar-refractivity contribution in [2.24, 2.45) is 0 Å². The molecule has 0 saturated carbocycles. The lowest BCUT2D eigenvalue weighted by atomic mass is 10.1. The van der Waals surface area contributed by atoms with E-state index >= 15 is 0 Å². The van der Waals surface area contributed by atoms with Crippen molar-refractivity contribution in [3.63, 3.8) is 0 Å². The van der Waals surface area contributed by atoms with Gasteiger partial charge in [-0.2, -0.15) is 0 Å². The normalized spacial score (nSPS) is 10.2. The summed E-state index contributed by atoms with van der Waals surface area (Å²) in [5, 5.41) is 15.1. The third kappa shape index (κ3) is 4.47. The number of carboxylic acid groups (broad SMARTS) is 1. The standard InChI is InChI=1S/C17H17ClN2O3/c1-19-15-7-6-13(18)10-14(15)16(21)20-9-8-11-2-4-12(5-3-11)17(22)23/h2-7,10,19H,8-9H2,1H3,(H,20,21)(H,22,23). The zero-order valence-electron chi connectivity index (χ0n) is 12.6. The summed E-state index contributed by atoms with van der Waals surface area (Å²) in [6.45, 7) is 0.445. The second kappa shape index (κ2) is 7.65. The summed E-state index contributed by atoms with van der Waals surface area (Å²) >= 11 is 5.93. The van der Waals surface area contributed by atoms with Crippen LogP contribution in [0.25, 0.3) is 0 Å². The minimum Gasteiger partial charge on any atom is -0.478 e. The van der Waals surface area contributed by atoms with Gasteiger partial charge in [-0.1, -0.05) is 23.7 Å². The van der Waals surface area contributed by atoms with Crippen LogP contribution in [0.4, 0.5) is 5.69 Å². The number of nitrogens with one attached hydrogen (secondary N) is 2. The molecule has 6 heteroatoms. The van der Waals surface area contributed by atoms with E-state index in [4.69, 9.17) is 16.7 Å². The quantitative estimate of drug-likeness (QED) is 0.759. The average molecular weight is 333 g/mol. The number of hydrogen-bond donors (Lipinski definition) is 3. The second-order valence-electron chi connectivity index (χ2n) is 4.95. The number of amides is 1. The highest BCUT2D eigenvalue weighted by Crippen LogP contribution is 2.20. The Bertz CT molecular complexity index is 714. The zero-order chi connectivity index (χ0) is 16.8. The van der Waals surface area contributed by atoms with Crippen LogP contribution >= 0.6 is 11.6 Å². The van der Waals surface area contributed by atoms with Crippen molar-refractivity contribution in [2.45, 2.75) is 6.42 Å². The summed E-state index contributed by atoms with van der Waals surface area (Å²) in [5.74, 6) is -1.16. The molecule has 0 spiro atoms. The number of benzene rings is 2. The molecule has 0 fully saturated rings. The minimum atomic E-state index is -0.953. The monoisotopic (exact) mass is 332 g/mol. The van der Waals surface area contributed by atoms with E-state index in [0.717, 1.165) is 5.56 Å². The molecule has 120 valence electrons. The molecule has 0 bridgehead atoms. The van der Waals surface area contributed by atoms with Gasteiger partial charge in [0.1, 0.15) is 0 Å². The second-order valence-corrected chi connectivity index (χ2v) is 5.38. The molecule has 1 amide bonds. The fourth-order valence-electron chi connectivity index (χ4n) is 2.15. The largest absolute Gasteiger partial charge is 0.478 e. The molecular weight excluding hydrogens is 316 g/mol. The smallest absolute Gasteiger partial charge is 0.335 e. The van der Waals surface area contributed by atoms with Crippen LogP contribution in [0.3, 0.4) is 0 Å². The number of carbonyl (C=O) groups excluding carboxylic acids is 1. The van der Waals surface area contributed by atoms with E-state index < -0.39 is 5.97 Å². The number of hydrogen-bond acceptors (Lipinski definition) is 3. The molecule has 0 aromatic heterocycles. The number of halogens is 1. The third-order valence-electron chi connectivity index (χ3n) is 3.40. The number of rotatable bonds is 6. The van der Waals surface area contributed by atoms with E-state index in [1.807, 2.05) is 0 Å². The molecule has 2 aromatic carbocycles. The van der Waals surface area contributed by atoms with E-state index in [1.165, 1.54) is 0 Å². The van der Waals surface area contributed by atoms with Crippen LogP contribution in [0.5, 0.6) is 0 Å². The molecule has 2 aromatic rings. The van der Waals surface area contributed by atoms with Crippen LogP contribution in [0, 0.1) is 0 Å². The van der Waals surface area contributed by atoms with Gasteiger partial charge in [0.25, 0.3) is 5.91 Å². The van der Waals surface area contributed by atoms with Gasteiger partial charge >= 0.3 is 5.97 Å². The van der Waals surface area contributed by atoms with E-state index in [1.54, 1.807) is 49.5 Å². The Kier molecular flexibility index (Phi) is 5.60. The van der Waals surface area contributed by atoms with Gasteiger partial charge in [-0.25, -0.2) is 4.79 Å². The zero-order valence-corrected chi connectivity index (χ0v) is 13.4. The summed E-state index contributed by atoms with van der Waals surface area (Å²) in [6.07, 6.45) is 0.612. The van der Waals surface area contributed by atoms with Gasteiger partial charge in [0.15, 0.2) is 0 Å². The fourth-order valence-corrected chi connectivity index (χ4v) is 2.32. The van der Waals surface area contributed by atoms with Crippen molar-refractivity contribution >= 4 is 29.2 Å². The van der Waals surface area contributed by atoms with E-state index in [9.17, 15) is 9.59 Å². The topological polar surface area (TPSA) is 78.4 Å². The molecule has 2 rings (SSSR count). The van der Waals surface area contributed by atoms with Crippen LogP contribution in [0.1, 0.15) is 26.3 Å². The first-order chi connectivity index (χ1) is 11.0. The van der Waals surface area contributed by atoms with Gasteiger partial charge < -0.3 is 15.7 Å². The molecule has 0 aliphatic rings. The van der Waals surface area contributed by atoms with Gasteiger partial charge in [0.05, 0.1) is 11.1 Å². The Morgan fingerprint density at radius 3 is 2.43 bits per heavy atom. The Morgan fingerprint density at radius 1 is 1.13 bits per heavy atom. The molecule has 0 aliphatic heterocycles. The summed E-state index contributed by atoms with van der Waals surface area (Å²) in [4.78, 5) is 23.0. The first-order valence-electron chi connectivity index (χ1n) is 7.09. The van der Waals surface area contributed by atoms with Crippen molar-refractivity contribution in [3.05, 3.63) is 64.2 Å². The highest BCUT2D eigenvalue weighted by Gasteiger charge is 2.11. The predicted octanol–water partition coefficient (Wildman–Crippen LogP) is 3.05. The van der Waals surface area contributed by atoms with Crippen LogP contribution in [0.2, 0.25) is 5.02 Å². The van der Waals surface area contributed by atoms with Crippen molar-refractivity contribution in [3.8, 4) is 0 Å². The van der Waals surface area contributed by atoms with Gasteiger partial charge in [0.2, 0.25) is 0 Å². The molecule has 0 atom stereocenters. The van der Waals surface area contributed by atoms with Crippen LogP contribution in [-0.2, 0) is 6.42 Å². The SMILES string of the molecule is CNc1ccc(Cl)cc1C(=O)NCCc1ccc(C(=O)O)cc1. The molecule has 0 saturated heterocycles. The minimum absolute atomic E-state index is 0.209. The van der Waals surface area contributed by atoms with Gasteiger partial charge in [0, 0.05) is 24.3 Å². The molecule has 0 aliphatic carbocycles. The maximum absolute atomic E-state index is 12.2. The van der Waals surface area contributed by atoms with E-state index in [-0.39, 0.29) is 11.5 Å². The number of anilines is 1. The molecule has 23 heavy (non-hydrogen) atoms. The molecule has 0 heterocycles. The summed E-state index contributed by atoms with van der Waals surface area (Å²) in [5.41, 5.74) is 2.39. The summed E-state index contributed by atoms with van der Waals surface area (Å²) < 4.78 is 0. The van der Waals surface area contributed by atoms with Crippen molar-refractivity contribution in [1.82, 2.24) is 5.32 Å². The summed E-state index contributed by atoms with van der Waals surface area (Å²) in [6, 6.07) is 11.7. The van der Waals surface area contributed by atoms with E-state index in [2.05, 4.69) is 10.6 Å². The highest BCUT2D eigenvalue weighted by atomic mass is 35.5. The molecule has 0 radical (unpaired) electrons. The Hall–Kier alpha value is -2.53. The lowest BCUT2D eigenvalue weighted by Crippen LogP contribution is -2.26. The number of carboxylic acids is 1. The van der Waals surface area contributed by atoms with Crippen molar-refractivity contribution in [2.75, 3.05) is 18.9 Å². The van der Waals surface area contributed by atoms with E-state index in [0.29, 0.717) is 29.2 Å². The molecule has 3 N–H and O–H groups in total. The number of carbonyl (C=O) groups is 2. The number of aromatic carboxylic acids is 1. The highest BCUT2D eigenvalue weighted by molar-refractivity contribution is 6.31. The van der Waals surface area contributed by atoms with Gasteiger partial charge in [-0.15, -0.1) is 0 Å².